The van der Waals surface area contributed by atoms with Gasteiger partial charge in [0.2, 0.25) is 0 Å². The molecule has 1 aromatic carbocycles. The van der Waals surface area contributed by atoms with Gasteiger partial charge in [0.25, 0.3) is 11.6 Å². The Morgan fingerprint density at radius 1 is 1.36 bits per heavy atom. The van der Waals surface area contributed by atoms with Gasteiger partial charge in [-0.25, -0.2) is 4.79 Å². The molecule has 0 saturated carbocycles. The molecule has 2 rings (SSSR count). The van der Waals surface area contributed by atoms with Gasteiger partial charge in [0.1, 0.15) is 5.54 Å². The van der Waals surface area contributed by atoms with Crippen LogP contribution in [0.1, 0.15) is 32.8 Å². The van der Waals surface area contributed by atoms with Crippen LogP contribution in [-0.2, 0) is 11.3 Å². The number of amides is 3. The number of urea groups is 1. The topological polar surface area (TPSA) is 92.6 Å². The molecule has 118 valence electrons. The number of nitrogens with one attached hydrogen (secondary N) is 1. The van der Waals surface area contributed by atoms with Gasteiger partial charge in [0, 0.05) is 12.1 Å². The Labute approximate surface area is 128 Å². The van der Waals surface area contributed by atoms with Crippen LogP contribution in [0, 0.1) is 16.0 Å². The van der Waals surface area contributed by atoms with Crippen molar-refractivity contribution in [2.24, 2.45) is 5.92 Å². The minimum atomic E-state index is -0.911. The van der Waals surface area contributed by atoms with Crippen molar-refractivity contribution in [2.45, 2.75) is 39.3 Å². The first-order valence-corrected chi connectivity index (χ1v) is 7.10. The number of hydrogen-bond acceptors (Lipinski definition) is 4. The summed E-state index contributed by atoms with van der Waals surface area (Å²) in [7, 11) is 0. The van der Waals surface area contributed by atoms with Gasteiger partial charge in [-0.1, -0.05) is 26.0 Å². The van der Waals surface area contributed by atoms with E-state index in [1.165, 1.54) is 12.1 Å². The van der Waals surface area contributed by atoms with Crippen molar-refractivity contribution in [3.05, 3.63) is 39.9 Å². The lowest BCUT2D eigenvalue weighted by Crippen LogP contribution is -2.44. The summed E-state index contributed by atoms with van der Waals surface area (Å²) >= 11 is 0. The van der Waals surface area contributed by atoms with Crippen LogP contribution >= 0.6 is 0 Å². The van der Waals surface area contributed by atoms with Gasteiger partial charge in [0.05, 0.1) is 11.5 Å². The van der Waals surface area contributed by atoms with Gasteiger partial charge in [0.15, 0.2) is 0 Å². The van der Waals surface area contributed by atoms with Gasteiger partial charge in [-0.2, -0.15) is 0 Å². The van der Waals surface area contributed by atoms with E-state index in [1.54, 1.807) is 19.1 Å². The smallest absolute Gasteiger partial charge is 0.323 e. The molecule has 1 aliphatic heterocycles. The third-order valence-electron chi connectivity index (χ3n) is 3.62. The van der Waals surface area contributed by atoms with E-state index in [0.29, 0.717) is 12.0 Å². The standard InChI is InChI=1S/C15H19N3O4/c1-10(2)8-15(3)13(19)17(14(20)16-15)9-11-5-4-6-12(7-11)18(21)22/h4-7,10H,8-9H2,1-3H3,(H,16,20). The van der Waals surface area contributed by atoms with Crippen molar-refractivity contribution in [1.82, 2.24) is 10.2 Å². The highest BCUT2D eigenvalue weighted by Gasteiger charge is 2.47. The maximum absolute atomic E-state index is 12.5. The first-order chi connectivity index (χ1) is 10.2. The molecular formula is C15H19N3O4. The minimum absolute atomic E-state index is 0.0278. The second-order valence-corrected chi connectivity index (χ2v) is 6.18. The molecule has 3 amide bonds. The Kier molecular flexibility index (Phi) is 4.16. The van der Waals surface area contributed by atoms with Crippen LogP contribution in [-0.4, -0.2) is 27.3 Å². The lowest BCUT2D eigenvalue weighted by atomic mass is 9.91. The summed E-state index contributed by atoms with van der Waals surface area (Å²) < 4.78 is 0. The maximum Gasteiger partial charge on any atom is 0.325 e. The summed E-state index contributed by atoms with van der Waals surface area (Å²) in [4.78, 5) is 36.0. The van der Waals surface area contributed by atoms with E-state index in [1.807, 2.05) is 13.8 Å². The number of nitro benzene ring substituents is 1. The highest BCUT2D eigenvalue weighted by molar-refractivity contribution is 6.06. The van der Waals surface area contributed by atoms with Crippen molar-refractivity contribution < 1.29 is 14.5 Å². The van der Waals surface area contributed by atoms with Crippen LogP contribution < -0.4 is 5.32 Å². The summed E-state index contributed by atoms with van der Waals surface area (Å²) in [6, 6.07) is 5.49. The van der Waals surface area contributed by atoms with Crippen LogP contribution in [0.4, 0.5) is 10.5 Å². The molecule has 1 aliphatic rings. The molecule has 1 N–H and O–H groups in total. The number of nitro groups is 1. The van der Waals surface area contributed by atoms with E-state index in [2.05, 4.69) is 5.32 Å². The number of rotatable bonds is 5. The zero-order chi connectivity index (χ0) is 16.5. The maximum atomic E-state index is 12.5. The summed E-state index contributed by atoms with van der Waals surface area (Å²) in [6.45, 7) is 5.70. The number of carbonyl (C=O) groups is 2. The van der Waals surface area contributed by atoms with Crippen molar-refractivity contribution in [3.8, 4) is 0 Å². The second kappa shape index (κ2) is 5.75. The Hall–Kier alpha value is -2.44. The van der Waals surface area contributed by atoms with E-state index in [9.17, 15) is 19.7 Å². The highest BCUT2D eigenvalue weighted by atomic mass is 16.6. The number of non-ortho nitro benzene ring substituents is 1. The molecule has 0 spiro atoms. The number of benzene rings is 1. The summed E-state index contributed by atoms with van der Waals surface area (Å²) in [5, 5.41) is 13.5. The van der Waals surface area contributed by atoms with Gasteiger partial charge in [-0.05, 0) is 24.8 Å². The van der Waals surface area contributed by atoms with E-state index < -0.39 is 16.5 Å². The lowest BCUT2D eigenvalue weighted by Gasteiger charge is -2.23. The quantitative estimate of drug-likeness (QED) is 0.513. The molecule has 22 heavy (non-hydrogen) atoms. The average Bonchev–Trinajstić information content (AvgIpc) is 2.61. The Balaban J connectivity index is 2.20. The molecule has 1 saturated heterocycles. The molecule has 0 aromatic heterocycles. The predicted octanol–water partition coefficient (Wildman–Crippen LogP) is 2.45. The molecule has 1 atom stereocenters. The number of imide groups is 1. The van der Waals surface area contributed by atoms with E-state index in [0.717, 1.165) is 4.90 Å². The van der Waals surface area contributed by atoms with Crippen molar-refractivity contribution in [2.75, 3.05) is 0 Å². The number of hydrogen-bond donors (Lipinski definition) is 1. The number of nitrogens with zero attached hydrogens (tertiary/aromatic N) is 2. The molecule has 0 radical (unpaired) electrons. The van der Waals surface area contributed by atoms with E-state index >= 15 is 0 Å². The first-order valence-electron chi connectivity index (χ1n) is 7.10. The van der Waals surface area contributed by atoms with Crippen LogP contribution in [0.25, 0.3) is 0 Å². The third-order valence-corrected chi connectivity index (χ3v) is 3.62. The Morgan fingerprint density at radius 2 is 2.05 bits per heavy atom. The molecule has 0 bridgehead atoms. The largest absolute Gasteiger partial charge is 0.325 e. The van der Waals surface area contributed by atoms with Crippen LogP contribution in [0.3, 0.4) is 0 Å². The minimum Gasteiger partial charge on any atom is -0.323 e. The molecule has 1 aromatic rings. The van der Waals surface area contributed by atoms with Crippen LogP contribution in [0.5, 0.6) is 0 Å². The number of carbonyl (C=O) groups excluding carboxylic acids is 2. The fourth-order valence-electron chi connectivity index (χ4n) is 2.80. The average molecular weight is 305 g/mol. The highest BCUT2D eigenvalue weighted by Crippen LogP contribution is 2.26. The molecule has 1 unspecified atom stereocenters. The normalized spacial score (nSPS) is 21.4. The van der Waals surface area contributed by atoms with Crippen molar-refractivity contribution >= 4 is 17.6 Å². The van der Waals surface area contributed by atoms with E-state index in [4.69, 9.17) is 0 Å². The van der Waals surface area contributed by atoms with Crippen molar-refractivity contribution in [3.63, 3.8) is 0 Å². The molecule has 7 nitrogen and oxygen atoms in total. The molecule has 0 aliphatic carbocycles. The fraction of sp³-hybridized carbons (Fsp3) is 0.467. The molecule has 1 fully saturated rings. The molecule has 7 heteroatoms. The summed E-state index contributed by atoms with van der Waals surface area (Å²) in [5.41, 5.74) is -0.424. The van der Waals surface area contributed by atoms with Crippen LogP contribution in [0.15, 0.2) is 24.3 Å². The molecule has 1 heterocycles. The van der Waals surface area contributed by atoms with Gasteiger partial charge >= 0.3 is 6.03 Å². The predicted molar refractivity (Wildman–Crippen MR) is 80.0 cm³/mol. The molecular weight excluding hydrogens is 286 g/mol. The second-order valence-electron chi connectivity index (χ2n) is 6.18. The fourth-order valence-corrected chi connectivity index (χ4v) is 2.80. The summed E-state index contributed by atoms with van der Waals surface area (Å²) in [5.74, 6) is -0.0373. The monoisotopic (exact) mass is 305 g/mol. The SMILES string of the molecule is CC(C)CC1(C)NC(=O)N(Cc2cccc([N+](=O)[O-])c2)C1=O. The van der Waals surface area contributed by atoms with E-state index in [-0.39, 0.29) is 24.1 Å². The lowest BCUT2D eigenvalue weighted by molar-refractivity contribution is -0.384. The zero-order valence-corrected chi connectivity index (χ0v) is 12.8. The Morgan fingerprint density at radius 3 is 2.64 bits per heavy atom. The van der Waals surface area contributed by atoms with Crippen molar-refractivity contribution in [1.29, 1.82) is 0 Å². The third kappa shape index (κ3) is 3.08. The van der Waals surface area contributed by atoms with Gasteiger partial charge in [-0.15, -0.1) is 0 Å². The van der Waals surface area contributed by atoms with Crippen LogP contribution in [0.2, 0.25) is 0 Å². The Bertz CT molecular complexity index is 629. The summed E-state index contributed by atoms with van der Waals surface area (Å²) in [6.07, 6.45) is 0.545. The van der Waals surface area contributed by atoms with Gasteiger partial charge in [-0.3, -0.25) is 19.8 Å². The first kappa shape index (κ1) is 15.9. The van der Waals surface area contributed by atoms with Gasteiger partial charge < -0.3 is 5.32 Å². The zero-order valence-electron chi connectivity index (χ0n) is 12.8.